The van der Waals surface area contributed by atoms with E-state index >= 15 is 0 Å². The monoisotopic (exact) mass is 192 g/mol. The Bertz CT molecular complexity index is 364. The highest BCUT2D eigenvalue weighted by Gasteiger charge is 2.29. The van der Waals surface area contributed by atoms with Crippen LogP contribution in [-0.4, -0.2) is 9.55 Å². The molecule has 1 fully saturated rings. The summed E-state index contributed by atoms with van der Waals surface area (Å²) in [6, 6.07) is 1.53. The van der Waals surface area contributed by atoms with Gasteiger partial charge in [0, 0.05) is 18.8 Å². The fourth-order valence-electron chi connectivity index (χ4n) is 2.30. The first-order valence-electron chi connectivity index (χ1n) is 5.20. The van der Waals surface area contributed by atoms with Gasteiger partial charge in [0.2, 0.25) is 0 Å². The highest BCUT2D eigenvalue weighted by atomic mass is 16.1. The summed E-state index contributed by atoms with van der Waals surface area (Å²) in [7, 11) is 0. The smallest absolute Gasteiger partial charge is 0.253 e. The van der Waals surface area contributed by atoms with E-state index in [1.807, 2.05) is 0 Å². The standard InChI is InChI=1S/C11H16N2O/c1-11(5-2-3-6-11)8-13-9-12-7-4-10(13)14/h4,7,9H,2-3,5-6,8H2,1H3. The number of hydrogen-bond acceptors (Lipinski definition) is 2. The van der Waals surface area contributed by atoms with Crippen molar-refractivity contribution in [3.8, 4) is 0 Å². The lowest BCUT2D eigenvalue weighted by Gasteiger charge is -2.23. The number of nitrogens with zero attached hydrogens (tertiary/aromatic N) is 2. The van der Waals surface area contributed by atoms with E-state index in [2.05, 4.69) is 11.9 Å². The molecule has 0 amide bonds. The first kappa shape index (κ1) is 9.44. The molecule has 14 heavy (non-hydrogen) atoms. The zero-order valence-electron chi connectivity index (χ0n) is 8.57. The minimum absolute atomic E-state index is 0.0631. The predicted octanol–water partition coefficient (Wildman–Crippen LogP) is 1.82. The zero-order valence-corrected chi connectivity index (χ0v) is 8.57. The molecule has 1 aromatic heterocycles. The van der Waals surface area contributed by atoms with Crippen LogP contribution in [-0.2, 0) is 6.54 Å². The molecule has 1 heterocycles. The van der Waals surface area contributed by atoms with E-state index in [-0.39, 0.29) is 5.56 Å². The molecular formula is C11H16N2O. The molecule has 0 spiro atoms. The molecule has 0 radical (unpaired) electrons. The average molecular weight is 192 g/mol. The third kappa shape index (κ3) is 1.86. The van der Waals surface area contributed by atoms with Crippen LogP contribution >= 0.6 is 0 Å². The van der Waals surface area contributed by atoms with E-state index < -0.39 is 0 Å². The van der Waals surface area contributed by atoms with Crippen LogP contribution in [0.5, 0.6) is 0 Å². The summed E-state index contributed by atoms with van der Waals surface area (Å²) in [6.45, 7) is 3.08. The lowest BCUT2D eigenvalue weighted by atomic mass is 9.89. The first-order chi connectivity index (χ1) is 6.70. The van der Waals surface area contributed by atoms with Crippen LogP contribution in [0.25, 0.3) is 0 Å². The molecule has 0 atom stereocenters. The third-order valence-electron chi connectivity index (χ3n) is 3.16. The number of hydrogen-bond donors (Lipinski definition) is 0. The van der Waals surface area contributed by atoms with Crippen LogP contribution < -0.4 is 5.56 Å². The van der Waals surface area contributed by atoms with Crippen LogP contribution in [0, 0.1) is 5.41 Å². The fourth-order valence-corrected chi connectivity index (χ4v) is 2.30. The van der Waals surface area contributed by atoms with Gasteiger partial charge in [0.15, 0.2) is 0 Å². The molecule has 0 bridgehead atoms. The molecule has 1 aliphatic rings. The van der Waals surface area contributed by atoms with Gasteiger partial charge in [-0.2, -0.15) is 0 Å². The highest BCUT2D eigenvalue weighted by Crippen LogP contribution is 2.38. The van der Waals surface area contributed by atoms with Crippen LogP contribution in [0.15, 0.2) is 23.4 Å². The van der Waals surface area contributed by atoms with Crippen molar-refractivity contribution in [3.63, 3.8) is 0 Å². The maximum atomic E-state index is 11.5. The summed E-state index contributed by atoms with van der Waals surface area (Å²) in [4.78, 5) is 15.5. The molecule has 76 valence electrons. The van der Waals surface area contributed by atoms with Gasteiger partial charge in [-0.25, -0.2) is 4.98 Å². The number of aromatic nitrogens is 2. The average Bonchev–Trinajstić information content (AvgIpc) is 2.57. The molecule has 1 aliphatic carbocycles. The molecule has 1 saturated carbocycles. The maximum Gasteiger partial charge on any atom is 0.253 e. The Kier molecular flexibility index (Phi) is 2.40. The van der Waals surface area contributed by atoms with Gasteiger partial charge in [-0.05, 0) is 18.3 Å². The Labute approximate surface area is 83.8 Å². The Balaban J connectivity index is 2.18. The largest absolute Gasteiger partial charge is 0.299 e. The molecule has 3 heteroatoms. The predicted molar refractivity (Wildman–Crippen MR) is 55.1 cm³/mol. The topological polar surface area (TPSA) is 34.9 Å². The summed E-state index contributed by atoms with van der Waals surface area (Å²) in [6.07, 6.45) is 8.25. The minimum Gasteiger partial charge on any atom is -0.299 e. The quantitative estimate of drug-likeness (QED) is 0.716. The second-order valence-electron chi connectivity index (χ2n) is 4.56. The third-order valence-corrected chi connectivity index (χ3v) is 3.16. The van der Waals surface area contributed by atoms with E-state index in [4.69, 9.17) is 0 Å². The highest BCUT2D eigenvalue weighted by molar-refractivity contribution is 4.87. The van der Waals surface area contributed by atoms with E-state index in [1.54, 1.807) is 17.1 Å². The van der Waals surface area contributed by atoms with E-state index in [0.717, 1.165) is 6.54 Å². The van der Waals surface area contributed by atoms with Crippen LogP contribution in [0.4, 0.5) is 0 Å². The Hall–Kier alpha value is -1.12. The van der Waals surface area contributed by atoms with Gasteiger partial charge in [0.25, 0.3) is 5.56 Å². The summed E-state index contributed by atoms with van der Waals surface area (Å²) < 4.78 is 1.73. The molecule has 0 unspecified atom stereocenters. The van der Waals surface area contributed by atoms with Crippen LogP contribution in [0.3, 0.4) is 0 Å². The van der Waals surface area contributed by atoms with Crippen molar-refractivity contribution in [3.05, 3.63) is 28.9 Å². The van der Waals surface area contributed by atoms with Crippen molar-refractivity contribution in [2.24, 2.45) is 5.41 Å². The van der Waals surface area contributed by atoms with Crippen molar-refractivity contribution >= 4 is 0 Å². The van der Waals surface area contributed by atoms with Gasteiger partial charge in [0.05, 0.1) is 6.33 Å². The SMILES string of the molecule is CC1(Cn2cnccc2=O)CCCC1. The van der Waals surface area contributed by atoms with Gasteiger partial charge in [-0.1, -0.05) is 19.8 Å². The van der Waals surface area contributed by atoms with Crippen molar-refractivity contribution in [2.45, 2.75) is 39.2 Å². The second kappa shape index (κ2) is 3.56. The molecule has 2 rings (SSSR count). The molecule has 0 saturated heterocycles. The van der Waals surface area contributed by atoms with E-state index in [1.165, 1.54) is 31.7 Å². The maximum absolute atomic E-state index is 11.5. The Morgan fingerprint density at radius 1 is 1.50 bits per heavy atom. The van der Waals surface area contributed by atoms with E-state index in [0.29, 0.717) is 5.41 Å². The molecule has 0 N–H and O–H groups in total. The summed E-state index contributed by atoms with van der Waals surface area (Å²) >= 11 is 0. The Morgan fingerprint density at radius 3 is 2.86 bits per heavy atom. The lowest BCUT2D eigenvalue weighted by Crippen LogP contribution is -2.27. The lowest BCUT2D eigenvalue weighted by molar-refractivity contribution is 0.276. The summed E-state index contributed by atoms with van der Waals surface area (Å²) in [5.41, 5.74) is 0.375. The number of rotatable bonds is 2. The second-order valence-corrected chi connectivity index (χ2v) is 4.56. The molecule has 0 aliphatic heterocycles. The first-order valence-corrected chi connectivity index (χ1v) is 5.20. The summed E-state index contributed by atoms with van der Waals surface area (Å²) in [5, 5.41) is 0. The van der Waals surface area contributed by atoms with Gasteiger partial charge in [-0.3, -0.25) is 9.36 Å². The van der Waals surface area contributed by atoms with Gasteiger partial charge >= 0.3 is 0 Å². The van der Waals surface area contributed by atoms with E-state index in [9.17, 15) is 4.79 Å². The zero-order chi connectivity index (χ0) is 10.0. The van der Waals surface area contributed by atoms with Crippen LogP contribution in [0.2, 0.25) is 0 Å². The van der Waals surface area contributed by atoms with Crippen molar-refractivity contribution in [2.75, 3.05) is 0 Å². The van der Waals surface area contributed by atoms with Gasteiger partial charge in [-0.15, -0.1) is 0 Å². The van der Waals surface area contributed by atoms with Gasteiger partial charge < -0.3 is 0 Å². The molecular weight excluding hydrogens is 176 g/mol. The minimum atomic E-state index is 0.0631. The molecule has 0 aromatic carbocycles. The molecule has 1 aromatic rings. The van der Waals surface area contributed by atoms with Crippen molar-refractivity contribution in [1.82, 2.24) is 9.55 Å². The van der Waals surface area contributed by atoms with Crippen molar-refractivity contribution in [1.29, 1.82) is 0 Å². The van der Waals surface area contributed by atoms with Gasteiger partial charge in [0.1, 0.15) is 0 Å². The molecule has 3 nitrogen and oxygen atoms in total. The fraction of sp³-hybridized carbons (Fsp3) is 0.636. The van der Waals surface area contributed by atoms with Crippen LogP contribution in [0.1, 0.15) is 32.6 Å². The summed E-state index contributed by atoms with van der Waals surface area (Å²) in [5.74, 6) is 0. The Morgan fingerprint density at radius 2 is 2.21 bits per heavy atom. The normalized spacial score (nSPS) is 19.8. The van der Waals surface area contributed by atoms with Crippen molar-refractivity contribution < 1.29 is 0 Å².